The summed E-state index contributed by atoms with van der Waals surface area (Å²) in [6.45, 7) is 8.16. The maximum Gasteiger partial charge on any atom is 0.0685 e. The largest absolute Gasteiger partial charge is 0.392 e. The topological polar surface area (TPSA) is 41.5 Å². The second-order valence-corrected chi connectivity index (χ2v) is 5.51. The van der Waals surface area contributed by atoms with E-state index in [9.17, 15) is 5.11 Å². The highest BCUT2D eigenvalue weighted by Crippen LogP contribution is 2.51. The molecular weight excluding hydrogens is 190 g/mol. The number of ether oxygens (including phenoxy) is 1. The van der Waals surface area contributed by atoms with Gasteiger partial charge in [0.15, 0.2) is 0 Å². The van der Waals surface area contributed by atoms with Crippen molar-refractivity contribution in [2.75, 3.05) is 13.2 Å². The summed E-state index contributed by atoms with van der Waals surface area (Å²) in [5.41, 5.74) is 0.231. The summed E-state index contributed by atoms with van der Waals surface area (Å²) < 4.78 is 5.73. The average molecular weight is 213 g/mol. The SMILES string of the molecule is CCC(O)CNC1C2CCOC2C1(C)C. The van der Waals surface area contributed by atoms with Crippen molar-refractivity contribution in [2.24, 2.45) is 11.3 Å². The van der Waals surface area contributed by atoms with E-state index in [2.05, 4.69) is 19.2 Å². The van der Waals surface area contributed by atoms with E-state index in [1.165, 1.54) is 6.42 Å². The lowest BCUT2D eigenvalue weighted by Crippen LogP contribution is -2.66. The van der Waals surface area contributed by atoms with Gasteiger partial charge in [0.2, 0.25) is 0 Å². The van der Waals surface area contributed by atoms with Crippen LogP contribution in [0, 0.1) is 11.3 Å². The van der Waals surface area contributed by atoms with Crippen LogP contribution in [0.4, 0.5) is 0 Å². The van der Waals surface area contributed by atoms with E-state index >= 15 is 0 Å². The zero-order valence-electron chi connectivity index (χ0n) is 9.99. The molecule has 1 aliphatic carbocycles. The van der Waals surface area contributed by atoms with Gasteiger partial charge in [0.25, 0.3) is 0 Å². The first-order valence-electron chi connectivity index (χ1n) is 6.10. The Bertz CT molecular complexity index is 230. The highest BCUT2D eigenvalue weighted by atomic mass is 16.5. The third-order valence-electron chi connectivity index (χ3n) is 4.15. The molecule has 0 aromatic heterocycles. The third kappa shape index (κ3) is 1.81. The molecule has 4 unspecified atom stereocenters. The van der Waals surface area contributed by atoms with Crippen molar-refractivity contribution in [3.63, 3.8) is 0 Å². The maximum absolute atomic E-state index is 9.54. The first kappa shape index (κ1) is 11.4. The van der Waals surface area contributed by atoms with E-state index in [4.69, 9.17) is 4.74 Å². The number of nitrogens with one attached hydrogen (secondary N) is 1. The molecule has 0 aromatic rings. The molecule has 0 radical (unpaired) electrons. The molecule has 88 valence electrons. The van der Waals surface area contributed by atoms with Crippen LogP contribution >= 0.6 is 0 Å². The Balaban J connectivity index is 1.87. The normalized spacial score (nSPS) is 39.6. The van der Waals surface area contributed by atoms with Gasteiger partial charge in [-0.25, -0.2) is 0 Å². The van der Waals surface area contributed by atoms with Gasteiger partial charge in [-0.15, -0.1) is 0 Å². The molecule has 2 N–H and O–H groups in total. The molecule has 1 saturated carbocycles. The average Bonchev–Trinajstić information content (AvgIpc) is 2.63. The van der Waals surface area contributed by atoms with Crippen LogP contribution in [0.2, 0.25) is 0 Å². The lowest BCUT2D eigenvalue weighted by atomic mass is 9.57. The number of aliphatic hydroxyl groups is 1. The molecule has 2 rings (SSSR count). The van der Waals surface area contributed by atoms with Crippen molar-refractivity contribution in [3.8, 4) is 0 Å². The minimum absolute atomic E-state index is 0.206. The molecule has 1 aliphatic heterocycles. The zero-order chi connectivity index (χ0) is 11.1. The Hall–Kier alpha value is -0.120. The number of aliphatic hydroxyl groups excluding tert-OH is 1. The Morgan fingerprint density at radius 2 is 2.27 bits per heavy atom. The van der Waals surface area contributed by atoms with Crippen LogP contribution in [0.1, 0.15) is 33.6 Å². The van der Waals surface area contributed by atoms with Gasteiger partial charge in [-0.2, -0.15) is 0 Å². The summed E-state index contributed by atoms with van der Waals surface area (Å²) in [5, 5.41) is 13.0. The Morgan fingerprint density at radius 1 is 1.53 bits per heavy atom. The summed E-state index contributed by atoms with van der Waals surface area (Å²) in [6.07, 6.45) is 2.23. The van der Waals surface area contributed by atoms with E-state index in [1.807, 2.05) is 6.92 Å². The first-order valence-corrected chi connectivity index (χ1v) is 6.10. The van der Waals surface area contributed by atoms with Crippen molar-refractivity contribution in [1.82, 2.24) is 5.32 Å². The molecule has 3 heteroatoms. The Kier molecular flexibility index (Phi) is 3.06. The molecule has 0 aromatic carbocycles. The first-order chi connectivity index (χ1) is 7.07. The second kappa shape index (κ2) is 4.04. The molecule has 0 spiro atoms. The second-order valence-electron chi connectivity index (χ2n) is 5.51. The zero-order valence-corrected chi connectivity index (χ0v) is 9.99. The lowest BCUT2D eigenvalue weighted by molar-refractivity contribution is -0.114. The van der Waals surface area contributed by atoms with E-state index in [0.717, 1.165) is 13.0 Å². The quantitative estimate of drug-likeness (QED) is 0.736. The van der Waals surface area contributed by atoms with Crippen LogP contribution in [-0.4, -0.2) is 36.5 Å². The molecule has 1 saturated heterocycles. The van der Waals surface area contributed by atoms with Gasteiger partial charge in [-0.05, 0) is 12.8 Å². The van der Waals surface area contributed by atoms with Gasteiger partial charge < -0.3 is 15.2 Å². The Morgan fingerprint density at radius 3 is 2.93 bits per heavy atom. The monoisotopic (exact) mass is 213 g/mol. The summed E-state index contributed by atoms with van der Waals surface area (Å²) in [7, 11) is 0. The maximum atomic E-state index is 9.54. The molecule has 0 bridgehead atoms. The van der Waals surface area contributed by atoms with Gasteiger partial charge in [0.05, 0.1) is 12.2 Å². The summed E-state index contributed by atoms with van der Waals surface area (Å²) >= 11 is 0. The molecule has 3 nitrogen and oxygen atoms in total. The molecular formula is C12H23NO2. The minimum atomic E-state index is -0.206. The lowest BCUT2D eigenvalue weighted by Gasteiger charge is -2.55. The standard InChI is InChI=1S/C12H23NO2/c1-4-8(14)7-13-10-9-5-6-15-11(9)12(10,2)3/h8-11,13-14H,4-7H2,1-3H3. The fraction of sp³-hybridized carbons (Fsp3) is 1.00. The van der Waals surface area contributed by atoms with Gasteiger partial charge in [0.1, 0.15) is 0 Å². The highest BCUT2D eigenvalue weighted by molar-refractivity contribution is 5.11. The molecule has 1 heterocycles. The predicted octanol–water partition coefficient (Wildman–Crippen LogP) is 1.16. The number of fused-ring (bicyclic) bond motifs is 1. The van der Waals surface area contributed by atoms with Crippen molar-refractivity contribution in [3.05, 3.63) is 0 Å². The van der Waals surface area contributed by atoms with Crippen LogP contribution in [0.3, 0.4) is 0 Å². The number of rotatable bonds is 4. The third-order valence-corrected chi connectivity index (χ3v) is 4.15. The molecule has 2 fully saturated rings. The van der Waals surface area contributed by atoms with Crippen LogP contribution in [-0.2, 0) is 4.74 Å². The van der Waals surface area contributed by atoms with Crippen molar-refractivity contribution >= 4 is 0 Å². The van der Waals surface area contributed by atoms with Gasteiger partial charge in [-0.3, -0.25) is 0 Å². The molecule has 4 atom stereocenters. The van der Waals surface area contributed by atoms with Crippen molar-refractivity contribution in [1.29, 1.82) is 0 Å². The van der Waals surface area contributed by atoms with Crippen LogP contribution < -0.4 is 5.32 Å². The van der Waals surface area contributed by atoms with Gasteiger partial charge in [-0.1, -0.05) is 20.8 Å². The smallest absolute Gasteiger partial charge is 0.0685 e. The summed E-state index contributed by atoms with van der Waals surface area (Å²) in [4.78, 5) is 0. The Labute approximate surface area is 92.2 Å². The highest BCUT2D eigenvalue weighted by Gasteiger charge is 2.58. The molecule has 15 heavy (non-hydrogen) atoms. The van der Waals surface area contributed by atoms with E-state index < -0.39 is 0 Å². The van der Waals surface area contributed by atoms with E-state index in [-0.39, 0.29) is 11.5 Å². The van der Waals surface area contributed by atoms with E-state index in [1.54, 1.807) is 0 Å². The van der Waals surface area contributed by atoms with Crippen molar-refractivity contribution in [2.45, 2.75) is 51.9 Å². The fourth-order valence-corrected chi connectivity index (χ4v) is 3.15. The van der Waals surface area contributed by atoms with Crippen molar-refractivity contribution < 1.29 is 9.84 Å². The fourth-order valence-electron chi connectivity index (χ4n) is 3.15. The molecule has 2 aliphatic rings. The minimum Gasteiger partial charge on any atom is -0.392 e. The van der Waals surface area contributed by atoms with Gasteiger partial charge >= 0.3 is 0 Å². The summed E-state index contributed by atoms with van der Waals surface area (Å²) in [5.74, 6) is 0.670. The van der Waals surface area contributed by atoms with Gasteiger partial charge in [0, 0.05) is 30.5 Å². The van der Waals surface area contributed by atoms with Crippen LogP contribution in [0.25, 0.3) is 0 Å². The number of hydrogen-bond acceptors (Lipinski definition) is 3. The predicted molar refractivity (Wildman–Crippen MR) is 59.7 cm³/mol. The van der Waals surface area contributed by atoms with Crippen LogP contribution in [0.15, 0.2) is 0 Å². The van der Waals surface area contributed by atoms with E-state index in [0.29, 0.717) is 24.6 Å². The summed E-state index contributed by atoms with van der Waals surface area (Å²) in [6, 6.07) is 0.520. The number of hydrogen-bond donors (Lipinski definition) is 2. The van der Waals surface area contributed by atoms with Crippen LogP contribution in [0.5, 0.6) is 0 Å². The molecule has 0 amide bonds.